The molecule has 0 aliphatic carbocycles. The number of rotatable bonds is 11. The van der Waals surface area contributed by atoms with Crippen LogP contribution in [0, 0.1) is 13.8 Å². The molecule has 0 heterocycles. The number of anilines is 1. The summed E-state index contributed by atoms with van der Waals surface area (Å²) in [6, 6.07) is 6.34. The second-order valence-electron chi connectivity index (χ2n) is 6.51. The molecule has 0 bridgehead atoms. The van der Waals surface area contributed by atoms with E-state index in [0.717, 1.165) is 17.3 Å². The fourth-order valence-corrected chi connectivity index (χ4v) is 2.85. The predicted octanol–water partition coefficient (Wildman–Crippen LogP) is 6.12. The van der Waals surface area contributed by atoms with Crippen LogP contribution in [0.15, 0.2) is 18.2 Å². The molecule has 23 heavy (non-hydrogen) atoms. The van der Waals surface area contributed by atoms with Crippen LogP contribution in [0.3, 0.4) is 0 Å². The summed E-state index contributed by atoms with van der Waals surface area (Å²) < 4.78 is 0. The second kappa shape index (κ2) is 12.3. The molecule has 0 amide bonds. The van der Waals surface area contributed by atoms with E-state index in [1.165, 1.54) is 68.9 Å². The molecule has 0 atom stereocenters. The van der Waals surface area contributed by atoms with E-state index in [9.17, 15) is 0 Å². The lowest BCUT2D eigenvalue weighted by Gasteiger charge is -2.11. The summed E-state index contributed by atoms with van der Waals surface area (Å²) in [5.74, 6) is 0. The maximum atomic E-state index is 5.35. The molecule has 0 aliphatic rings. The Bertz CT molecular complexity index is 457. The highest BCUT2D eigenvalue weighted by atomic mass is 32.1. The summed E-state index contributed by atoms with van der Waals surface area (Å²) in [5.41, 5.74) is 3.67. The average Bonchev–Trinajstić information content (AvgIpc) is 2.53. The molecule has 1 aromatic carbocycles. The highest BCUT2D eigenvalue weighted by Gasteiger charge is 1.99. The van der Waals surface area contributed by atoms with E-state index in [2.05, 4.69) is 49.6 Å². The Morgan fingerprint density at radius 2 is 1.48 bits per heavy atom. The molecule has 1 aromatic rings. The number of hydrogen-bond donors (Lipinski definition) is 2. The Hall–Kier alpha value is -1.09. The smallest absolute Gasteiger partial charge is 0.170 e. The van der Waals surface area contributed by atoms with E-state index >= 15 is 0 Å². The van der Waals surface area contributed by atoms with Gasteiger partial charge in [-0.3, -0.25) is 0 Å². The van der Waals surface area contributed by atoms with Crippen LogP contribution in [-0.2, 0) is 0 Å². The van der Waals surface area contributed by atoms with Gasteiger partial charge in [0.1, 0.15) is 0 Å². The van der Waals surface area contributed by atoms with Crippen molar-refractivity contribution in [1.82, 2.24) is 5.32 Å². The van der Waals surface area contributed by atoms with Crippen LogP contribution in [-0.4, -0.2) is 11.7 Å². The van der Waals surface area contributed by atoms with E-state index in [-0.39, 0.29) is 0 Å². The maximum Gasteiger partial charge on any atom is 0.170 e. The minimum absolute atomic E-state index is 0.729. The van der Waals surface area contributed by atoms with Crippen LogP contribution in [0.1, 0.15) is 75.8 Å². The molecule has 2 N–H and O–H groups in total. The SMILES string of the molecule is CCCCCCCCCCCNC(=S)Nc1ccc(C)c(C)c1. The van der Waals surface area contributed by atoms with Crippen molar-refractivity contribution < 1.29 is 0 Å². The van der Waals surface area contributed by atoms with Crippen molar-refractivity contribution in [2.24, 2.45) is 0 Å². The van der Waals surface area contributed by atoms with Crippen molar-refractivity contribution >= 4 is 23.0 Å². The van der Waals surface area contributed by atoms with Gasteiger partial charge in [0.25, 0.3) is 0 Å². The summed E-state index contributed by atoms with van der Waals surface area (Å²) in [4.78, 5) is 0. The summed E-state index contributed by atoms with van der Waals surface area (Å²) in [5, 5.41) is 7.29. The zero-order chi connectivity index (χ0) is 16.9. The minimum Gasteiger partial charge on any atom is -0.362 e. The third kappa shape index (κ3) is 9.60. The van der Waals surface area contributed by atoms with E-state index < -0.39 is 0 Å². The Morgan fingerprint density at radius 3 is 2.09 bits per heavy atom. The topological polar surface area (TPSA) is 24.1 Å². The Labute approximate surface area is 148 Å². The molecule has 0 radical (unpaired) electrons. The molecular formula is C20H34N2S. The lowest BCUT2D eigenvalue weighted by molar-refractivity contribution is 0.563. The quantitative estimate of drug-likeness (QED) is 0.376. The van der Waals surface area contributed by atoms with E-state index in [1.807, 2.05) is 0 Å². The molecule has 1 rings (SSSR count). The molecule has 0 saturated heterocycles. The van der Waals surface area contributed by atoms with Crippen LogP contribution in [0.5, 0.6) is 0 Å². The number of aryl methyl sites for hydroxylation is 2. The first-order valence-corrected chi connectivity index (χ1v) is 9.66. The van der Waals surface area contributed by atoms with Crippen LogP contribution in [0.25, 0.3) is 0 Å². The van der Waals surface area contributed by atoms with Gasteiger partial charge in [-0.05, 0) is 55.7 Å². The Kier molecular flexibility index (Phi) is 10.7. The van der Waals surface area contributed by atoms with Gasteiger partial charge >= 0.3 is 0 Å². The molecule has 0 aromatic heterocycles. The first-order valence-electron chi connectivity index (χ1n) is 9.25. The number of unbranched alkanes of at least 4 members (excludes halogenated alkanes) is 8. The predicted molar refractivity (Wildman–Crippen MR) is 107 cm³/mol. The van der Waals surface area contributed by atoms with Crippen molar-refractivity contribution in [3.8, 4) is 0 Å². The lowest BCUT2D eigenvalue weighted by Crippen LogP contribution is -2.29. The minimum atomic E-state index is 0.729. The highest BCUT2D eigenvalue weighted by Crippen LogP contribution is 2.14. The fraction of sp³-hybridized carbons (Fsp3) is 0.650. The number of benzene rings is 1. The molecule has 0 unspecified atom stereocenters. The van der Waals surface area contributed by atoms with Gasteiger partial charge in [0.15, 0.2) is 5.11 Å². The van der Waals surface area contributed by atoms with E-state index in [1.54, 1.807) is 0 Å². The van der Waals surface area contributed by atoms with Crippen molar-refractivity contribution in [2.75, 3.05) is 11.9 Å². The second-order valence-corrected chi connectivity index (χ2v) is 6.92. The standard InChI is InChI=1S/C20H34N2S/c1-4-5-6-7-8-9-10-11-12-15-21-20(23)22-19-14-13-17(2)18(3)16-19/h13-14,16H,4-12,15H2,1-3H3,(H2,21,22,23). The first kappa shape index (κ1) is 20.0. The maximum absolute atomic E-state index is 5.35. The molecule has 0 saturated carbocycles. The largest absolute Gasteiger partial charge is 0.362 e. The lowest BCUT2D eigenvalue weighted by atomic mass is 10.1. The normalized spacial score (nSPS) is 10.6. The molecule has 130 valence electrons. The zero-order valence-electron chi connectivity index (χ0n) is 15.2. The van der Waals surface area contributed by atoms with Gasteiger partial charge < -0.3 is 10.6 Å². The van der Waals surface area contributed by atoms with Gasteiger partial charge in [-0.1, -0.05) is 64.4 Å². The molecular weight excluding hydrogens is 300 g/mol. The van der Waals surface area contributed by atoms with Gasteiger partial charge in [-0.15, -0.1) is 0 Å². The molecule has 0 fully saturated rings. The summed E-state index contributed by atoms with van der Waals surface area (Å²) in [6.07, 6.45) is 12.2. The number of thiocarbonyl (C=S) groups is 1. The van der Waals surface area contributed by atoms with Gasteiger partial charge in [0.05, 0.1) is 0 Å². The Morgan fingerprint density at radius 1 is 0.870 bits per heavy atom. The van der Waals surface area contributed by atoms with Crippen molar-refractivity contribution in [3.05, 3.63) is 29.3 Å². The molecule has 3 heteroatoms. The Balaban J connectivity index is 2.01. The summed E-state index contributed by atoms with van der Waals surface area (Å²) in [6.45, 7) is 7.48. The van der Waals surface area contributed by atoms with Gasteiger partial charge in [-0.2, -0.15) is 0 Å². The van der Waals surface area contributed by atoms with Crippen molar-refractivity contribution in [3.63, 3.8) is 0 Å². The van der Waals surface area contributed by atoms with Crippen molar-refractivity contribution in [2.45, 2.75) is 78.6 Å². The highest BCUT2D eigenvalue weighted by molar-refractivity contribution is 7.80. The van der Waals surface area contributed by atoms with Crippen LogP contribution >= 0.6 is 12.2 Å². The van der Waals surface area contributed by atoms with Crippen LogP contribution in [0.2, 0.25) is 0 Å². The van der Waals surface area contributed by atoms with Gasteiger partial charge in [0, 0.05) is 12.2 Å². The summed E-state index contributed by atoms with van der Waals surface area (Å²) in [7, 11) is 0. The third-order valence-corrected chi connectivity index (χ3v) is 4.58. The van der Waals surface area contributed by atoms with Gasteiger partial charge in [-0.25, -0.2) is 0 Å². The number of hydrogen-bond acceptors (Lipinski definition) is 1. The van der Waals surface area contributed by atoms with Gasteiger partial charge in [0.2, 0.25) is 0 Å². The number of nitrogens with one attached hydrogen (secondary N) is 2. The molecule has 0 aliphatic heterocycles. The van der Waals surface area contributed by atoms with E-state index in [0.29, 0.717) is 0 Å². The monoisotopic (exact) mass is 334 g/mol. The fourth-order valence-electron chi connectivity index (χ4n) is 2.63. The summed E-state index contributed by atoms with van der Waals surface area (Å²) >= 11 is 5.35. The van der Waals surface area contributed by atoms with E-state index in [4.69, 9.17) is 12.2 Å². The molecule has 2 nitrogen and oxygen atoms in total. The van der Waals surface area contributed by atoms with Crippen molar-refractivity contribution in [1.29, 1.82) is 0 Å². The first-order chi connectivity index (χ1) is 11.1. The molecule has 0 spiro atoms. The zero-order valence-corrected chi connectivity index (χ0v) is 16.0. The van der Waals surface area contributed by atoms with Crippen LogP contribution < -0.4 is 10.6 Å². The third-order valence-electron chi connectivity index (χ3n) is 4.33. The van der Waals surface area contributed by atoms with Crippen LogP contribution in [0.4, 0.5) is 5.69 Å². The average molecular weight is 335 g/mol.